The maximum atomic E-state index is 14.8. The zero-order valence-corrected chi connectivity index (χ0v) is 23.2. The van der Waals surface area contributed by atoms with Crippen LogP contribution < -0.4 is 9.50 Å². The van der Waals surface area contributed by atoms with Crippen molar-refractivity contribution in [2.24, 2.45) is 0 Å². The number of nitrogens with one attached hydrogen (secondary N) is 1. The zero-order chi connectivity index (χ0) is 30.4. The summed E-state index contributed by atoms with van der Waals surface area (Å²) in [5, 5.41) is 7.88. The monoisotopic (exact) mass is 626 g/mol. The van der Waals surface area contributed by atoms with Crippen LogP contribution in [0.4, 0.5) is 26.3 Å². The van der Waals surface area contributed by atoms with Crippen molar-refractivity contribution in [1.82, 2.24) is 20.1 Å². The molecule has 1 unspecified atom stereocenters. The Morgan fingerprint density at radius 3 is 2.68 bits per heavy atom. The molecule has 17 heteroatoms. The molecule has 0 spiro atoms. The number of pyridine rings is 1. The second-order valence-electron chi connectivity index (χ2n) is 8.25. The lowest BCUT2D eigenvalue weighted by molar-refractivity contribution is -0.0500. The maximum absolute atomic E-state index is 14.8. The van der Waals surface area contributed by atoms with E-state index in [4.69, 9.17) is 4.74 Å². The van der Waals surface area contributed by atoms with Gasteiger partial charge in [-0.25, -0.2) is 18.2 Å². The van der Waals surface area contributed by atoms with Crippen LogP contribution in [0.25, 0.3) is 27.6 Å². The molecule has 1 aliphatic heterocycles. The lowest BCUT2D eigenvalue weighted by atomic mass is 10.1. The third kappa shape index (κ3) is 7.46. The Morgan fingerprint density at radius 1 is 1.34 bits per heavy atom. The van der Waals surface area contributed by atoms with Crippen LogP contribution in [0.5, 0.6) is 5.88 Å². The first-order valence-electron chi connectivity index (χ1n) is 11.6. The lowest BCUT2D eigenvalue weighted by Gasteiger charge is -2.21. The van der Waals surface area contributed by atoms with Gasteiger partial charge in [0.25, 0.3) is 5.88 Å². The number of alkyl halides is 3. The van der Waals surface area contributed by atoms with Crippen molar-refractivity contribution in [2.45, 2.75) is 25.0 Å². The van der Waals surface area contributed by atoms with E-state index >= 15 is 0 Å². The fourth-order valence-corrected chi connectivity index (χ4v) is 4.97. The summed E-state index contributed by atoms with van der Waals surface area (Å²) >= 11 is 0.504. The summed E-state index contributed by atoms with van der Waals surface area (Å²) in [5.41, 5.74) is -5.77. The summed E-state index contributed by atoms with van der Waals surface area (Å²) in [7, 11) is -4.52. The number of methoxy groups -OCH3 is 1. The summed E-state index contributed by atoms with van der Waals surface area (Å²) in [5.74, 6) is -3.21. The second kappa shape index (κ2) is 13.5. The minimum absolute atomic E-state index is 0.00409. The molecule has 1 aliphatic rings. The second-order valence-corrected chi connectivity index (χ2v) is 10.7. The molecule has 9 nitrogen and oxygen atoms in total. The Morgan fingerprint density at radius 2 is 2.07 bits per heavy atom. The Balaban J connectivity index is 0.000000587. The number of allylic oxidation sites excluding steroid dienone is 2. The van der Waals surface area contributed by atoms with Crippen molar-refractivity contribution in [3.05, 3.63) is 59.6 Å². The maximum Gasteiger partial charge on any atom is 0.534 e. The van der Waals surface area contributed by atoms with E-state index in [2.05, 4.69) is 30.9 Å². The van der Waals surface area contributed by atoms with Crippen molar-refractivity contribution >= 4 is 37.6 Å². The van der Waals surface area contributed by atoms with Gasteiger partial charge in [-0.3, -0.25) is 4.68 Å². The van der Waals surface area contributed by atoms with Gasteiger partial charge in [-0.15, -0.1) is 11.3 Å². The Bertz CT molecular complexity index is 1550. The first kappa shape index (κ1) is 32.1. The SMILES string of the molecule is C=COCCOC.CC1CNCc2cc(-c3nc(OS(=O)(=O)C(F)(F)F)c4scc(F)c4c3C=C(F)/C=C/F)nn21. The summed E-state index contributed by atoms with van der Waals surface area (Å²) in [6.07, 6.45) is 2.45. The van der Waals surface area contributed by atoms with Gasteiger partial charge in [0.1, 0.15) is 34.3 Å². The molecule has 0 bridgehead atoms. The van der Waals surface area contributed by atoms with Gasteiger partial charge in [0, 0.05) is 42.6 Å². The Labute approximate surface area is 234 Å². The third-order valence-electron chi connectivity index (χ3n) is 5.40. The molecule has 224 valence electrons. The van der Waals surface area contributed by atoms with Crippen molar-refractivity contribution in [2.75, 3.05) is 26.9 Å². The highest BCUT2D eigenvalue weighted by atomic mass is 32.2. The van der Waals surface area contributed by atoms with Gasteiger partial charge < -0.3 is 19.0 Å². The van der Waals surface area contributed by atoms with Crippen molar-refractivity contribution in [3.8, 4) is 17.3 Å². The average Bonchev–Trinajstić information content (AvgIpc) is 3.50. The van der Waals surface area contributed by atoms with E-state index in [0.717, 1.165) is 11.5 Å². The minimum atomic E-state index is -6.15. The van der Waals surface area contributed by atoms with Crippen LogP contribution in [-0.2, 0) is 26.1 Å². The summed E-state index contributed by atoms with van der Waals surface area (Å²) in [6.45, 7) is 7.35. The molecular weight excluding hydrogens is 602 g/mol. The molecule has 1 N–H and O–H groups in total. The van der Waals surface area contributed by atoms with Gasteiger partial charge in [0.15, 0.2) is 0 Å². The number of fused-ring (bicyclic) bond motifs is 2. The molecule has 0 radical (unpaired) electrons. The molecule has 0 aromatic carbocycles. The van der Waals surface area contributed by atoms with Gasteiger partial charge in [0.2, 0.25) is 0 Å². The van der Waals surface area contributed by atoms with E-state index in [0.29, 0.717) is 49.4 Å². The molecular formula is C24H24F6N4O5S2. The standard InChI is InChI=1S/C19H14F6N4O3S2.C5H10O2/c1-9-6-26-7-11-5-14(28-29(9)11)16-12(4-10(21)2-3-20)15-13(22)8-33-17(15)18(27-16)32-34(30,31)19(23,24)25;1-3-7-5-4-6-2/h2-5,8-9,26H,6-7H2,1H3;3H,1,4-5H2,2H3/b3-2+,10-4?;. The van der Waals surface area contributed by atoms with Crippen LogP contribution >= 0.6 is 11.3 Å². The van der Waals surface area contributed by atoms with E-state index in [1.807, 2.05) is 6.92 Å². The predicted octanol–water partition coefficient (Wildman–Crippen LogP) is 5.78. The zero-order valence-electron chi connectivity index (χ0n) is 21.5. The molecule has 3 aromatic heterocycles. The van der Waals surface area contributed by atoms with Gasteiger partial charge >= 0.3 is 15.6 Å². The predicted molar refractivity (Wildman–Crippen MR) is 140 cm³/mol. The highest BCUT2D eigenvalue weighted by molar-refractivity contribution is 7.88. The molecule has 4 heterocycles. The largest absolute Gasteiger partial charge is 0.534 e. The van der Waals surface area contributed by atoms with Crippen LogP contribution in [0, 0.1) is 5.82 Å². The minimum Gasteiger partial charge on any atom is -0.499 e. The van der Waals surface area contributed by atoms with Gasteiger partial charge in [0.05, 0.1) is 30.9 Å². The van der Waals surface area contributed by atoms with Crippen LogP contribution in [0.2, 0.25) is 0 Å². The molecule has 3 aromatic rings. The number of halogens is 6. The Kier molecular flexibility index (Phi) is 10.6. The third-order valence-corrected chi connectivity index (χ3v) is 7.28. The van der Waals surface area contributed by atoms with E-state index in [1.165, 1.54) is 12.3 Å². The lowest BCUT2D eigenvalue weighted by Crippen LogP contribution is -2.31. The molecule has 1 atom stereocenters. The molecule has 0 amide bonds. The fraction of sp³-hybridized carbons (Fsp3) is 0.333. The van der Waals surface area contributed by atoms with Crippen molar-refractivity contribution < 1.29 is 48.4 Å². The average molecular weight is 627 g/mol. The van der Waals surface area contributed by atoms with Crippen molar-refractivity contribution in [1.29, 1.82) is 0 Å². The number of hydrogen-bond acceptors (Lipinski definition) is 9. The topological polar surface area (TPSA) is 105 Å². The van der Waals surface area contributed by atoms with Crippen molar-refractivity contribution in [3.63, 3.8) is 0 Å². The highest BCUT2D eigenvalue weighted by Crippen LogP contribution is 2.42. The first-order valence-corrected chi connectivity index (χ1v) is 13.9. The molecule has 0 aliphatic carbocycles. The number of rotatable bonds is 9. The highest BCUT2D eigenvalue weighted by Gasteiger charge is 2.49. The van der Waals surface area contributed by atoms with Crippen LogP contribution in [-0.4, -0.2) is 55.6 Å². The van der Waals surface area contributed by atoms with Crippen LogP contribution in [0.1, 0.15) is 24.2 Å². The molecule has 0 fully saturated rings. The Hall–Kier alpha value is -3.41. The quantitative estimate of drug-likeness (QED) is 0.0797. The van der Waals surface area contributed by atoms with Gasteiger partial charge in [-0.2, -0.15) is 26.7 Å². The van der Waals surface area contributed by atoms with E-state index < -0.39 is 43.2 Å². The number of thiophene rings is 1. The molecule has 0 saturated heterocycles. The van der Waals surface area contributed by atoms with E-state index in [1.54, 1.807) is 11.8 Å². The van der Waals surface area contributed by atoms with Crippen LogP contribution in [0.3, 0.4) is 0 Å². The molecule has 41 heavy (non-hydrogen) atoms. The first-order chi connectivity index (χ1) is 19.3. The smallest absolute Gasteiger partial charge is 0.499 e. The summed E-state index contributed by atoms with van der Waals surface area (Å²) < 4.78 is 118. The number of aromatic nitrogens is 3. The number of ether oxygens (including phenoxy) is 2. The van der Waals surface area contributed by atoms with E-state index in [9.17, 15) is 34.8 Å². The van der Waals surface area contributed by atoms with Gasteiger partial charge in [-0.1, -0.05) is 6.58 Å². The molecule has 4 rings (SSSR count). The normalized spacial score (nSPS) is 15.9. The van der Waals surface area contributed by atoms with E-state index in [-0.39, 0.29) is 29.3 Å². The molecule has 0 saturated carbocycles. The van der Waals surface area contributed by atoms with Gasteiger partial charge in [-0.05, 0) is 19.1 Å². The van der Waals surface area contributed by atoms with Crippen LogP contribution in [0.15, 0.2) is 42.5 Å². The number of hydrogen-bond donors (Lipinski definition) is 1. The number of nitrogens with zero attached hydrogens (tertiary/aromatic N) is 3. The fourth-order valence-electron chi connectivity index (χ4n) is 3.64. The summed E-state index contributed by atoms with van der Waals surface area (Å²) in [4.78, 5) is 3.88. The summed E-state index contributed by atoms with van der Waals surface area (Å²) in [6, 6.07) is 1.36.